The largest absolute Gasteiger partial charge is 0.489 e. The van der Waals surface area contributed by atoms with Crippen molar-refractivity contribution < 1.29 is 4.74 Å². The third-order valence-corrected chi connectivity index (χ3v) is 2.55. The number of rotatable bonds is 2. The van der Waals surface area contributed by atoms with Gasteiger partial charge >= 0.3 is 0 Å². The van der Waals surface area contributed by atoms with E-state index in [-0.39, 0.29) is 0 Å². The fourth-order valence-corrected chi connectivity index (χ4v) is 1.58. The fraction of sp³-hybridized carbons (Fsp3) is 0.300. The first-order chi connectivity index (χ1) is 6.83. The molecule has 3 rings (SSSR count). The lowest BCUT2D eigenvalue weighted by Crippen LogP contribution is -1.97. The number of hydrogen-bond acceptors (Lipinski definition) is 2. The molecule has 72 valence electrons. The molecule has 0 aliphatic heterocycles. The Labute approximate surface area is 86.3 Å². The van der Waals surface area contributed by atoms with Crippen LogP contribution in [0.5, 0.6) is 5.75 Å². The maximum Gasteiger partial charge on any atom is 0.143 e. The molecular formula is C10H9ClN2O. The van der Waals surface area contributed by atoms with Crippen molar-refractivity contribution in [3.05, 3.63) is 29.7 Å². The molecule has 0 saturated heterocycles. The summed E-state index contributed by atoms with van der Waals surface area (Å²) in [5.74, 6) is 0.743. The Morgan fingerprint density at radius 3 is 3.14 bits per heavy atom. The molecule has 0 radical (unpaired) electrons. The molecule has 3 nitrogen and oxygen atoms in total. The van der Waals surface area contributed by atoms with Crippen molar-refractivity contribution in [1.29, 1.82) is 0 Å². The highest BCUT2D eigenvalue weighted by atomic mass is 35.5. The van der Waals surface area contributed by atoms with Crippen LogP contribution in [0.15, 0.2) is 24.7 Å². The van der Waals surface area contributed by atoms with E-state index >= 15 is 0 Å². The van der Waals surface area contributed by atoms with Gasteiger partial charge in [-0.3, -0.25) is 0 Å². The highest BCUT2D eigenvalue weighted by Gasteiger charge is 2.24. The summed E-state index contributed by atoms with van der Waals surface area (Å²) >= 11 is 6.06. The minimum absolute atomic E-state index is 0.366. The predicted molar refractivity (Wildman–Crippen MR) is 53.9 cm³/mol. The highest BCUT2D eigenvalue weighted by Crippen LogP contribution is 2.32. The Morgan fingerprint density at radius 2 is 2.36 bits per heavy atom. The van der Waals surface area contributed by atoms with Crippen LogP contribution in [0.2, 0.25) is 5.02 Å². The minimum atomic E-state index is 0.366. The molecule has 2 aromatic heterocycles. The van der Waals surface area contributed by atoms with E-state index in [4.69, 9.17) is 16.3 Å². The quantitative estimate of drug-likeness (QED) is 0.758. The first-order valence-corrected chi connectivity index (χ1v) is 4.99. The van der Waals surface area contributed by atoms with Crippen LogP contribution >= 0.6 is 11.6 Å². The molecule has 14 heavy (non-hydrogen) atoms. The summed E-state index contributed by atoms with van der Waals surface area (Å²) < 4.78 is 7.53. The van der Waals surface area contributed by atoms with Crippen LogP contribution in [0.4, 0.5) is 0 Å². The second kappa shape index (κ2) is 2.89. The third kappa shape index (κ3) is 1.34. The van der Waals surface area contributed by atoms with Gasteiger partial charge in [-0.1, -0.05) is 11.6 Å². The van der Waals surface area contributed by atoms with Crippen molar-refractivity contribution in [2.24, 2.45) is 0 Å². The Morgan fingerprint density at radius 1 is 1.50 bits per heavy atom. The molecule has 0 amide bonds. The Bertz CT molecular complexity index is 476. The molecule has 0 spiro atoms. The third-order valence-electron chi connectivity index (χ3n) is 2.26. The molecule has 2 heterocycles. The number of pyridine rings is 1. The van der Waals surface area contributed by atoms with Crippen LogP contribution in [-0.4, -0.2) is 15.5 Å². The van der Waals surface area contributed by atoms with Gasteiger partial charge in [-0.25, -0.2) is 4.98 Å². The first kappa shape index (κ1) is 8.12. The summed E-state index contributed by atoms with van der Waals surface area (Å²) in [5, 5.41) is 0.641. The molecule has 2 aromatic rings. The van der Waals surface area contributed by atoms with Crippen LogP contribution in [0.1, 0.15) is 12.8 Å². The maximum absolute atomic E-state index is 6.06. The highest BCUT2D eigenvalue weighted by molar-refractivity contribution is 6.32. The van der Waals surface area contributed by atoms with Crippen molar-refractivity contribution >= 4 is 17.2 Å². The molecular weight excluding hydrogens is 200 g/mol. The van der Waals surface area contributed by atoms with E-state index in [9.17, 15) is 0 Å². The molecule has 1 aliphatic carbocycles. The van der Waals surface area contributed by atoms with Crippen molar-refractivity contribution in [3.8, 4) is 5.75 Å². The monoisotopic (exact) mass is 208 g/mol. The second-order valence-corrected chi connectivity index (χ2v) is 3.90. The van der Waals surface area contributed by atoms with Gasteiger partial charge in [-0.15, -0.1) is 0 Å². The minimum Gasteiger partial charge on any atom is -0.489 e. The van der Waals surface area contributed by atoms with Gasteiger partial charge in [0.2, 0.25) is 0 Å². The molecule has 0 bridgehead atoms. The van der Waals surface area contributed by atoms with E-state index in [1.807, 2.05) is 22.9 Å². The molecule has 0 unspecified atom stereocenters. The summed E-state index contributed by atoms with van der Waals surface area (Å²) in [7, 11) is 0. The summed E-state index contributed by atoms with van der Waals surface area (Å²) in [6.45, 7) is 0. The summed E-state index contributed by atoms with van der Waals surface area (Å²) in [6.07, 6.45) is 8.06. The van der Waals surface area contributed by atoms with Crippen molar-refractivity contribution in [3.63, 3.8) is 0 Å². The molecule has 1 fully saturated rings. The molecule has 1 saturated carbocycles. The smallest absolute Gasteiger partial charge is 0.143 e. The number of fused-ring (bicyclic) bond motifs is 1. The second-order valence-electron chi connectivity index (χ2n) is 3.50. The lowest BCUT2D eigenvalue weighted by molar-refractivity contribution is 0.303. The van der Waals surface area contributed by atoms with E-state index in [0.29, 0.717) is 11.1 Å². The van der Waals surface area contributed by atoms with Gasteiger partial charge < -0.3 is 9.14 Å². The standard InChI is InChI=1S/C10H9ClN2O/c11-8-6-13-4-3-12-10(13)5-9(8)14-7-1-2-7/h3-7H,1-2H2. The molecule has 0 aromatic carbocycles. The number of hydrogen-bond donors (Lipinski definition) is 0. The number of aromatic nitrogens is 2. The lowest BCUT2D eigenvalue weighted by atomic mass is 10.4. The van der Waals surface area contributed by atoms with E-state index in [1.165, 1.54) is 0 Å². The van der Waals surface area contributed by atoms with Gasteiger partial charge in [0, 0.05) is 24.7 Å². The zero-order valence-electron chi connectivity index (χ0n) is 7.48. The number of halogens is 1. The van der Waals surface area contributed by atoms with Crippen LogP contribution in [-0.2, 0) is 0 Å². The van der Waals surface area contributed by atoms with Crippen molar-refractivity contribution in [2.45, 2.75) is 18.9 Å². The van der Waals surface area contributed by atoms with Gasteiger partial charge in [-0.05, 0) is 12.8 Å². The summed E-state index contributed by atoms with van der Waals surface area (Å²) in [5.41, 5.74) is 0.866. The summed E-state index contributed by atoms with van der Waals surface area (Å²) in [4.78, 5) is 4.17. The van der Waals surface area contributed by atoms with E-state index in [1.54, 1.807) is 6.20 Å². The van der Waals surface area contributed by atoms with E-state index in [0.717, 1.165) is 24.2 Å². The predicted octanol–water partition coefficient (Wildman–Crippen LogP) is 2.53. The van der Waals surface area contributed by atoms with Crippen molar-refractivity contribution in [2.75, 3.05) is 0 Å². The number of imidazole rings is 1. The van der Waals surface area contributed by atoms with E-state index in [2.05, 4.69) is 4.98 Å². The maximum atomic E-state index is 6.06. The van der Waals surface area contributed by atoms with E-state index < -0.39 is 0 Å². The van der Waals surface area contributed by atoms with Gasteiger partial charge in [0.1, 0.15) is 11.4 Å². The average Bonchev–Trinajstić information content (AvgIpc) is 2.85. The SMILES string of the molecule is Clc1cn2ccnc2cc1OC1CC1. The van der Waals surface area contributed by atoms with Crippen LogP contribution in [0, 0.1) is 0 Å². The molecule has 1 aliphatic rings. The van der Waals surface area contributed by atoms with Gasteiger partial charge in [0.05, 0.1) is 11.1 Å². The molecule has 4 heteroatoms. The van der Waals surface area contributed by atoms with Crippen molar-refractivity contribution in [1.82, 2.24) is 9.38 Å². The Kier molecular flexibility index (Phi) is 1.67. The zero-order chi connectivity index (χ0) is 9.54. The van der Waals surface area contributed by atoms with Gasteiger partial charge in [-0.2, -0.15) is 0 Å². The zero-order valence-corrected chi connectivity index (χ0v) is 8.24. The van der Waals surface area contributed by atoms with Gasteiger partial charge in [0.15, 0.2) is 0 Å². The molecule has 0 atom stereocenters. The molecule has 0 N–H and O–H groups in total. The number of nitrogens with zero attached hydrogens (tertiary/aromatic N) is 2. The average molecular weight is 209 g/mol. The Balaban J connectivity index is 2.07. The number of ether oxygens (including phenoxy) is 1. The summed E-state index contributed by atoms with van der Waals surface area (Å²) in [6, 6.07) is 1.88. The topological polar surface area (TPSA) is 26.5 Å². The lowest BCUT2D eigenvalue weighted by Gasteiger charge is -2.06. The first-order valence-electron chi connectivity index (χ1n) is 4.62. The van der Waals surface area contributed by atoms with Crippen LogP contribution in [0.25, 0.3) is 5.65 Å². The normalized spacial score (nSPS) is 16.1. The Hall–Kier alpha value is -1.22. The fourth-order valence-electron chi connectivity index (χ4n) is 1.37. The van der Waals surface area contributed by atoms with Crippen LogP contribution in [0.3, 0.4) is 0 Å². The van der Waals surface area contributed by atoms with Gasteiger partial charge in [0.25, 0.3) is 0 Å². The van der Waals surface area contributed by atoms with Crippen LogP contribution < -0.4 is 4.74 Å².